The van der Waals surface area contributed by atoms with Gasteiger partial charge in [-0.25, -0.2) is 9.82 Å². The molecule has 1 aromatic heterocycles. The summed E-state index contributed by atoms with van der Waals surface area (Å²) in [6.07, 6.45) is 1.59. The van der Waals surface area contributed by atoms with Gasteiger partial charge in [-0.1, -0.05) is 0 Å². The van der Waals surface area contributed by atoms with Crippen LogP contribution >= 0.6 is 11.3 Å². The molecule has 6 heteroatoms. The summed E-state index contributed by atoms with van der Waals surface area (Å²) in [6, 6.07) is 7.43. The normalized spacial score (nSPS) is 10.7. The molecule has 0 atom stereocenters. The molecule has 2 aromatic rings. The van der Waals surface area contributed by atoms with E-state index in [1.165, 1.54) is 24.3 Å². The second-order valence-corrected chi connectivity index (χ2v) is 4.95. The molecule has 0 radical (unpaired) electrons. The van der Waals surface area contributed by atoms with E-state index < -0.39 is 0 Å². The zero-order valence-electron chi connectivity index (χ0n) is 10.8. The molecule has 0 spiro atoms. The average molecular weight is 292 g/mol. The van der Waals surface area contributed by atoms with Gasteiger partial charge in [0.1, 0.15) is 11.6 Å². The number of aryl methyl sites for hydroxylation is 1. The number of benzene rings is 1. The maximum absolute atomic E-state index is 12.7. The fourth-order valence-electron chi connectivity index (χ4n) is 1.39. The van der Waals surface area contributed by atoms with Crippen molar-refractivity contribution >= 4 is 23.5 Å². The maximum atomic E-state index is 12.7. The molecular formula is C14H13FN2O2S. The predicted octanol–water partition coefficient (Wildman–Crippen LogP) is 2.72. The van der Waals surface area contributed by atoms with Gasteiger partial charge in [0.2, 0.25) is 0 Å². The van der Waals surface area contributed by atoms with Gasteiger partial charge < -0.3 is 4.74 Å². The number of thiophene rings is 1. The highest BCUT2D eigenvalue weighted by Gasteiger charge is 2.02. The van der Waals surface area contributed by atoms with Crippen LogP contribution in [-0.2, 0) is 4.79 Å². The maximum Gasteiger partial charge on any atom is 0.277 e. The van der Waals surface area contributed by atoms with Crippen molar-refractivity contribution in [1.29, 1.82) is 0 Å². The fourth-order valence-corrected chi connectivity index (χ4v) is 2.18. The molecule has 0 saturated heterocycles. The van der Waals surface area contributed by atoms with Gasteiger partial charge >= 0.3 is 0 Å². The lowest BCUT2D eigenvalue weighted by Gasteiger charge is -2.04. The summed E-state index contributed by atoms with van der Waals surface area (Å²) in [5.74, 6) is -0.294. The standard InChI is InChI=1S/C14H13FN2O2S/c1-10-6-7-20-13(10)8-16-17-14(18)9-19-12-4-2-11(15)3-5-12/h2-8H,9H2,1H3,(H,17,18)/b16-8-. The van der Waals surface area contributed by atoms with Crippen molar-refractivity contribution in [1.82, 2.24) is 5.43 Å². The van der Waals surface area contributed by atoms with E-state index in [0.29, 0.717) is 5.75 Å². The minimum Gasteiger partial charge on any atom is -0.484 e. The van der Waals surface area contributed by atoms with Crippen molar-refractivity contribution in [3.8, 4) is 5.75 Å². The number of rotatable bonds is 5. The highest BCUT2D eigenvalue weighted by molar-refractivity contribution is 7.11. The molecule has 104 valence electrons. The van der Waals surface area contributed by atoms with Gasteiger partial charge in [0.05, 0.1) is 6.21 Å². The van der Waals surface area contributed by atoms with Gasteiger partial charge in [-0.15, -0.1) is 11.3 Å². The lowest BCUT2D eigenvalue weighted by molar-refractivity contribution is -0.123. The Kier molecular flexibility index (Phi) is 4.84. The Morgan fingerprint density at radius 3 is 2.80 bits per heavy atom. The van der Waals surface area contributed by atoms with Gasteiger partial charge in [-0.2, -0.15) is 5.10 Å². The van der Waals surface area contributed by atoms with Crippen LogP contribution in [-0.4, -0.2) is 18.7 Å². The molecule has 0 bridgehead atoms. The summed E-state index contributed by atoms with van der Waals surface area (Å²) in [7, 11) is 0. The van der Waals surface area contributed by atoms with E-state index in [0.717, 1.165) is 10.4 Å². The summed E-state index contributed by atoms with van der Waals surface area (Å²) in [6.45, 7) is 1.80. The predicted molar refractivity (Wildman–Crippen MR) is 76.7 cm³/mol. The Balaban J connectivity index is 1.77. The minimum absolute atomic E-state index is 0.174. The monoisotopic (exact) mass is 292 g/mol. The van der Waals surface area contributed by atoms with Crippen molar-refractivity contribution in [3.63, 3.8) is 0 Å². The number of hydrogen-bond acceptors (Lipinski definition) is 4. The number of carbonyl (C=O) groups is 1. The van der Waals surface area contributed by atoms with E-state index in [4.69, 9.17) is 4.74 Å². The number of ether oxygens (including phenoxy) is 1. The van der Waals surface area contributed by atoms with E-state index in [9.17, 15) is 9.18 Å². The minimum atomic E-state index is -0.375. The number of carbonyl (C=O) groups excluding carboxylic acids is 1. The van der Waals surface area contributed by atoms with Crippen LogP contribution in [0.15, 0.2) is 40.8 Å². The van der Waals surface area contributed by atoms with Crippen molar-refractivity contribution in [2.75, 3.05) is 6.61 Å². The summed E-state index contributed by atoms with van der Waals surface area (Å²) in [5, 5.41) is 5.80. The van der Waals surface area contributed by atoms with Crippen LogP contribution in [0.5, 0.6) is 5.75 Å². The third-order valence-electron chi connectivity index (χ3n) is 2.46. The average Bonchev–Trinajstić information content (AvgIpc) is 2.84. The Bertz CT molecular complexity index is 608. The number of hydrogen-bond donors (Lipinski definition) is 1. The molecule has 0 fully saturated rings. The zero-order valence-corrected chi connectivity index (χ0v) is 11.6. The number of hydrazone groups is 1. The molecule has 4 nitrogen and oxygen atoms in total. The SMILES string of the molecule is Cc1ccsc1/C=N\NC(=O)COc1ccc(F)cc1. The molecule has 0 aliphatic carbocycles. The van der Waals surface area contributed by atoms with Gasteiger partial charge in [0, 0.05) is 4.88 Å². The summed E-state index contributed by atoms with van der Waals surface area (Å²) in [5.41, 5.74) is 3.47. The van der Waals surface area contributed by atoms with Gasteiger partial charge in [0.15, 0.2) is 6.61 Å². The molecule has 1 amide bonds. The van der Waals surface area contributed by atoms with Gasteiger partial charge in [-0.3, -0.25) is 4.79 Å². The Morgan fingerprint density at radius 1 is 1.40 bits per heavy atom. The highest BCUT2D eigenvalue weighted by Crippen LogP contribution is 2.12. The molecule has 1 aromatic carbocycles. The van der Waals surface area contributed by atoms with E-state index in [2.05, 4.69) is 10.5 Å². The Morgan fingerprint density at radius 2 is 2.15 bits per heavy atom. The van der Waals surface area contributed by atoms with Crippen molar-refractivity contribution in [3.05, 3.63) is 52.0 Å². The van der Waals surface area contributed by atoms with Crippen LogP contribution in [0.4, 0.5) is 4.39 Å². The summed E-state index contributed by atoms with van der Waals surface area (Å²) >= 11 is 1.55. The van der Waals surface area contributed by atoms with E-state index >= 15 is 0 Å². The lowest BCUT2D eigenvalue weighted by atomic mass is 10.3. The molecule has 2 rings (SSSR count). The molecule has 0 aliphatic heterocycles. The molecule has 1 N–H and O–H groups in total. The summed E-state index contributed by atoms with van der Waals surface area (Å²) < 4.78 is 17.9. The highest BCUT2D eigenvalue weighted by atomic mass is 32.1. The molecule has 20 heavy (non-hydrogen) atoms. The molecular weight excluding hydrogens is 279 g/mol. The van der Waals surface area contributed by atoms with E-state index in [-0.39, 0.29) is 18.3 Å². The molecule has 1 heterocycles. The van der Waals surface area contributed by atoms with Gasteiger partial charge in [0.25, 0.3) is 5.91 Å². The number of amides is 1. The first-order valence-corrected chi connectivity index (χ1v) is 6.77. The van der Waals surface area contributed by atoms with Crippen LogP contribution in [0.2, 0.25) is 0 Å². The van der Waals surface area contributed by atoms with E-state index in [1.54, 1.807) is 17.6 Å². The van der Waals surface area contributed by atoms with Crippen LogP contribution in [0.3, 0.4) is 0 Å². The van der Waals surface area contributed by atoms with Crippen molar-refractivity contribution in [2.45, 2.75) is 6.92 Å². The van der Waals surface area contributed by atoms with E-state index in [1.807, 2.05) is 18.4 Å². The first-order chi connectivity index (χ1) is 9.65. The van der Waals surface area contributed by atoms with Crippen molar-refractivity contribution in [2.24, 2.45) is 5.10 Å². The van der Waals surface area contributed by atoms with Crippen LogP contribution < -0.4 is 10.2 Å². The molecule has 0 saturated carbocycles. The Labute approximate surface area is 119 Å². The topological polar surface area (TPSA) is 50.7 Å². The number of halogens is 1. The molecule has 0 unspecified atom stereocenters. The third kappa shape index (κ3) is 4.17. The number of nitrogens with one attached hydrogen (secondary N) is 1. The Hall–Kier alpha value is -2.21. The quantitative estimate of drug-likeness (QED) is 0.680. The second-order valence-electron chi connectivity index (χ2n) is 4.00. The van der Waals surface area contributed by atoms with Crippen LogP contribution in [0.1, 0.15) is 10.4 Å². The fraction of sp³-hybridized carbons (Fsp3) is 0.143. The van der Waals surface area contributed by atoms with Crippen LogP contribution in [0, 0.1) is 12.7 Å². The largest absolute Gasteiger partial charge is 0.484 e. The smallest absolute Gasteiger partial charge is 0.277 e. The molecule has 0 aliphatic rings. The zero-order chi connectivity index (χ0) is 14.4. The second kappa shape index (κ2) is 6.81. The van der Waals surface area contributed by atoms with Gasteiger partial charge in [-0.05, 0) is 48.2 Å². The third-order valence-corrected chi connectivity index (χ3v) is 3.41. The number of nitrogens with zero attached hydrogens (tertiary/aromatic N) is 1. The lowest BCUT2D eigenvalue weighted by Crippen LogP contribution is -2.24. The first-order valence-electron chi connectivity index (χ1n) is 5.89. The van der Waals surface area contributed by atoms with Crippen molar-refractivity contribution < 1.29 is 13.9 Å². The first kappa shape index (κ1) is 14.2. The van der Waals surface area contributed by atoms with Crippen LogP contribution in [0.25, 0.3) is 0 Å². The summed E-state index contributed by atoms with van der Waals surface area (Å²) in [4.78, 5) is 12.5.